The summed E-state index contributed by atoms with van der Waals surface area (Å²) in [6, 6.07) is 3.88. The van der Waals surface area contributed by atoms with Crippen LogP contribution >= 0.6 is 0 Å². The van der Waals surface area contributed by atoms with E-state index >= 15 is 0 Å². The van der Waals surface area contributed by atoms with Gasteiger partial charge in [0.05, 0.1) is 11.7 Å². The Bertz CT molecular complexity index is 1040. The molecule has 3 amide bonds. The van der Waals surface area contributed by atoms with E-state index < -0.39 is 28.6 Å². The van der Waals surface area contributed by atoms with Crippen LogP contribution in [0.25, 0.3) is 0 Å². The Hall–Kier alpha value is -3.23. The van der Waals surface area contributed by atoms with Crippen LogP contribution in [-0.2, 0) is 25.3 Å². The van der Waals surface area contributed by atoms with Gasteiger partial charge in [-0.3, -0.25) is 14.4 Å². The topological polar surface area (TPSA) is 110 Å². The van der Waals surface area contributed by atoms with Crippen molar-refractivity contribution in [3.63, 3.8) is 0 Å². The molecule has 2 aliphatic rings. The molecule has 0 saturated carbocycles. The Morgan fingerprint density at radius 1 is 1.32 bits per heavy atom. The van der Waals surface area contributed by atoms with E-state index in [0.717, 1.165) is 0 Å². The third kappa shape index (κ3) is 2.35. The number of fused-ring (bicyclic) bond motifs is 4. The van der Waals surface area contributed by atoms with Crippen molar-refractivity contribution < 1.29 is 18.8 Å². The summed E-state index contributed by atoms with van der Waals surface area (Å²) in [7, 11) is 0. The molecule has 2 aliphatic heterocycles. The molecule has 0 radical (unpaired) electrons. The number of hydrogen-bond donors (Lipinski definition) is 2. The van der Waals surface area contributed by atoms with Crippen LogP contribution in [0.15, 0.2) is 24.4 Å². The lowest BCUT2D eigenvalue weighted by atomic mass is 9.71. The predicted molar refractivity (Wildman–Crippen MR) is 99.2 cm³/mol. The maximum Gasteiger partial charge on any atom is 0.243 e. The highest BCUT2D eigenvalue weighted by atomic mass is 19.1. The molecule has 0 fully saturated rings. The Morgan fingerprint density at radius 3 is 2.68 bits per heavy atom. The van der Waals surface area contributed by atoms with Crippen molar-refractivity contribution in [3.05, 3.63) is 41.3 Å². The largest absolute Gasteiger partial charge is 0.368 e. The minimum atomic E-state index is -1.45. The third-order valence-electron chi connectivity index (χ3n) is 5.18. The average molecular weight is 385 g/mol. The molecular formula is C19H20FN5O3. The van der Waals surface area contributed by atoms with E-state index in [1.165, 1.54) is 29.3 Å². The number of amides is 3. The summed E-state index contributed by atoms with van der Waals surface area (Å²) in [5, 5.41) is 7.18. The highest BCUT2D eigenvalue weighted by Gasteiger charge is 2.57. The molecule has 146 valence electrons. The van der Waals surface area contributed by atoms with Gasteiger partial charge in [-0.1, -0.05) is 0 Å². The second-order valence-corrected chi connectivity index (χ2v) is 8.14. The van der Waals surface area contributed by atoms with Crippen LogP contribution in [0, 0.1) is 5.82 Å². The Labute approximate surface area is 160 Å². The summed E-state index contributed by atoms with van der Waals surface area (Å²) < 4.78 is 15.8. The lowest BCUT2D eigenvalue weighted by Gasteiger charge is -2.34. The maximum atomic E-state index is 14.1. The van der Waals surface area contributed by atoms with Crippen LogP contribution in [0.1, 0.15) is 38.3 Å². The number of benzene rings is 1. The fourth-order valence-electron chi connectivity index (χ4n) is 4.09. The Morgan fingerprint density at radius 2 is 2.04 bits per heavy atom. The number of nitrogens with two attached hydrogens (primary N) is 1. The SMILES string of the molecule is CC(C)(C)n1ncc2c1NC(=O)C[C@]21C(=O)N(CC(N)=O)c2ccc(F)cc21. The van der Waals surface area contributed by atoms with Crippen molar-refractivity contribution >= 4 is 29.2 Å². The van der Waals surface area contributed by atoms with Crippen molar-refractivity contribution in [3.8, 4) is 0 Å². The van der Waals surface area contributed by atoms with E-state index in [2.05, 4.69) is 10.4 Å². The second kappa shape index (κ2) is 5.63. The van der Waals surface area contributed by atoms with Gasteiger partial charge >= 0.3 is 0 Å². The van der Waals surface area contributed by atoms with Crippen molar-refractivity contribution in [1.29, 1.82) is 0 Å². The summed E-state index contributed by atoms with van der Waals surface area (Å²) in [6.07, 6.45) is 1.32. The standard InChI is InChI=1S/C19H20FN5O3/c1-18(2,3)25-16-12(8-22-25)19(7-15(27)23-16)11-6-10(20)4-5-13(11)24(17(19)28)9-14(21)26/h4-6,8H,7,9H2,1-3H3,(H2,21,26)(H,23,27)/t19-/m1/s1. The number of nitrogens with zero attached hydrogens (tertiary/aromatic N) is 3. The molecule has 3 heterocycles. The molecule has 4 rings (SSSR count). The summed E-state index contributed by atoms with van der Waals surface area (Å²) in [5.41, 5.74) is 4.59. The molecule has 1 aromatic heterocycles. The molecule has 2 aromatic rings. The van der Waals surface area contributed by atoms with Gasteiger partial charge in [0.2, 0.25) is 17.7 Å². The van der Waals surface area contributed by atoms with Crippen LogP contribution in [-0.4, -0.2) is 34.0 Å². The Kier molecular flexibility index (Phi) is 3.65. The van der Waals surface area contributed by atoms with E-state index in [1.807, 2.05) is 20.8 Å². The summed E-state index contributed by atoms with van der Waals surface area (Å²) in [4.78, 5) is 38.9. The van der Waals surface area contributed by atoms with Gasteiger partial charge in [0.25, 0.3) is 0 Å². The zero-order valence-electron chi connectivity index (χ0n) is 15.7. The minimum Gasteiger partial charge on any atom is -0.368 e. The number of nitrogens with one attached hydrogen (secondary N) is 1. The van der Waals surface area contributed by atoms with E-state index in [4.69, 9.17) is 5.73 Å². The number of anilines is 2. The monoisotopic (exact) mass is 385 g/mol. The van der Waals surface area contributed by atoms with Gasteiger partial charge < -0.3 is 16.0 Å². The molecule has 0 bridgehead atoms. The van der Waals surface area contributed by atoms with Gasteiger partial charge in [-0.15, -0.1) is 0 Å². The number of primary amides is 1. The quantitative estimate of drug-likeness (QED) is 0.810. The first-order valence-electron chi connectivity index (χ1n) is 8.85. The van der Waals surface area contributed by atoms with Crippen LogP contribution in [0.2, 0.25) is 0 Å². The molecule has 9 heteroatoms. The van der Waals surface area contributed by atoms with Crippen molar-refractivity contribution in [2.75, 3.05) is 16.8 Å². The van der Waals surface area contributed by atoms with E-state index in [0.29, 0.717) is 22.6 Å². The number of carbonyl (C=O) groups is 3. The van der Waals surface area contributed by atoms with E-state index in [9.17, 15) is 18.8 Å². The first kappa shape index (κ1) is 18.1. The number of hydrogen-bond acceptors (Lipinski definition) is 4. The molecule has 1 aromatic carbocycles. The zero-order valence-corrected chi connectivity index (χ0v) is 15.7. The van der Waals surface area contributed by atoms with Gasteiger partial charge in [0.15, 0.2) is 0 Å². The molecular weight excluding hydrogens is 365 g/mol. The highest BCUT2D eigenvalue weighted by Crippen LogP contribution is 2.52. The van der Waals surface area contributed by atoms with Crippen LogP contribution in [0.3, 0.4) is 0 Å². The van der Waals surface area contributed by atoms with Crippen molar-refractivity contribution in [1.82, 2.24) is 9.78 Å². The number of halogens is 1. The smallest absolute Gasteiger partial charge is 0.243 e. The normalized spacial score (nSPS) is 20.9. The van der Waals surface area contributed by atoms with E-state index in [1.54, 1.807) is 4.68 Å². The number of aromatic nitrogens is 2. The van der Waals surface area contributed by atoms with Crippen molar-refractivity contribution in [2.45, 2.75) is 38.1 Å². The second-order valence-electron chi connectivity index (χ2n) is 8.14. The Balaban J connectivity index is 2.02. The van der Waals surface area contributed by atoms with E-state index in [-0.39, 0.29) is 18.9 Å². The lowest BCUT2D eigenvalue weighted by Crippen LogP contribution is -2.48. The van der Waals surface area contributed by atoms with Gasteiger partial charge in [-0.2, -0.15) is 5.10 Å². The van der Waals surface area contributed by atoms with Gasteiger partial charge in [-0.05, 0) is 44.5 Å². The lowest BCUT2D eigenvalue weighted by molar-refractivity contribution is -0.127. The number of carbonyl (C=O) groups excluding carboxylic acids is 3. The summed E-state index contributed by atoms with van der Waals surface area (Å²) in [5.74, 6) is -1.72. The molecule has 1 spiro atoms. The summed E-state index contributed by atoms with van der Waals surface area (Å²) >= 11 is 0. The predicted octanol–water partition coefficient (Wildman–Crippen LogP) is 1.24. The molecule has 0 saturated heterocycles. The maximum absolute atomic E-state index is 14.1. The molecule has 0 unspecified atom stereocenters. The third-order valence-corrected chi connectivity index (χ3v) is 5.18. The molecule has 3 N–H and O–H groups in total. The van der Waals surface area contributed by atoms with Gasteiger partial charge in [0, 0.05) is 17.7 Å². The van der Waals surface area contributed by atoms with Crippen molar-refractivity contribution in [2.24, 2.45) is 5.73 Å². The van der Waals surface area contributed by atoms with Crippen LogP contribution in [0.5, 0.6) is 0 Å². The average Bonchev–Trinajstić information content (AvgIpc) is 3.09. The number of rotatable bonds is 2. The molecule has 8 nitrogen and oxygen atoms in total. The highest BCUT2D eigenvalue weighted by molar-refractivity contribution is 6.17. The first-order chi connectivity index (χ1) is 13.1. The molecule has 1 atom stereocenters. The zero-order chi connectivity index (χ0) is 20.4. The minimum absolute atomic E-state index is 0.208. The van der Waals surface area contributed by atoms with Crippen LogP contribution in [0.4, 0.5) is 15.9 Å². The molecule has 28 heavy (non-hydrogen) atoms. The van der Waals surface area contributed by atoms with Gasteiger partial charge in [0.1, 0.15) is 23.6 Å². The van der Waals surface area contributed by atoms with Gasteiger partial charge in [-0.25, -0.2) is 9.07 Å². The van der Waals surface area contributed by atoms with Crippen LogP contribution < -0.4 is 16.0 Å². The molecule has 0 aliphatic carbocycles. The fraction of sp³-hybridized carbons (Fsp3) is 0.368. The fourth-order valence-corrected chi connectivity index (χ4v) is 4.09. The first-order valence-corrected chi connectivity index (χ1v) is 8.85. The summed E-state index contributed by atoms with van der Waals surface area (Å²) in [6.45, 7) is 5.38.